The maximum atomic E-state index is 11.3. The molecule has 2 heterocycles. The predicted molar refractivity (Wildman–Crippen MR) is 144 cm³/mol. The van der Waals surface area contributed by atoms with Crippen molar-refractivity contribution < 1.29 is 14.6 Å². The molecule has 3 aromatic rings. The zero-order chi connectivity index (χ0) is 25.6. The number of nitrogen functional groups attached to an aromatic ring is 1. The highest BCUT2D eigenvalue weighted by Gasteiger charge is 2.23. The van der Waals surface area contributed by atoms with Crippen LogP contribution in [-0.2, 0) is 18.0 Å². The highest BCUT2D eigenvalue weighted by Crippen LogP contribution is 2.33. The maximum Gasteiger partial charge on any atom is 0.319 e. The van der Waals surface area contributed by atoms with E-state index in [4.69, 9.17) is 15.2 Å². The lowest BCUT2D eigenvalue weighted by Crippen LogP contribution is -2.22. The molecule has 1 atom stereocenters. The van der Waals surface area contributed by atoms with Crippen LogP contribution in [-0.4, -0.2) is 59.9 Å². The number of fused-ring (bicyclic) bond motifs is 1. The third-order valence-electron chi connectivity index (χ3n) is 5.79. The standard InChI is InChI=1S/C26H41N5O3Si/c1-7-8-13-34-26-28-22-21(24(32)20-11-9-19(10-12-20)16-30(2)3)17-31(23(22)25(27)29-26)18-33-14-15-35(4,5)6/h9-12,17,24,32H,7-8,13-16,18H2,1-6H3,(H2,27,28,29). The first-order valence-corrected chi connectivity index (χ1v) is 16.1. The number of nitrogens with two attached hydrogens (primary N) is 1. The number of hydrogen-bond acceptors (Lipinski definition) is 7. The second-order valence-corrected chi connectivity index (χ2v) is 16.2. The Morgan fingerprint density at radius 2 is 1.83 bits per heavy atom. The van der Waals surface area contributed by atoms with Gasteiger partial charge in [-0.2, -0.15) is 9.97 Å². The second kappa shape index (κ2) is 12.0. The fourth-order valence-electron chi connectivity index (χ4n) is 3.79. The molecule has 3 rings (SSSR count). The number of anilines is 1. The van der Waals surface area contributed by atoms with Gasteiger partial charge in [-0.25, -0.2) is 0 Å². The van der Waals surface area contributed by atoms with Crippen LogP contribution >= 0.6 is 0 Å². The quantitative estimate of drug-likeness (QED) is 0.261. The summed E-state index contributed by atoms with van der Waals surface area (Å²) in [6, 6.07) is 9.30. The Bertz CT molecular complexity index is 1090. The fourth-order valence-corrected chi connectivity index (χ4v) is 4.55. The van der Waals surface area contributed by atoms with E-state index in [1.165, 1.54) is 5.56 Å². The number of aromatic nitrogens is 3. The third-order valence-corrected chi connectivity index (χ3v) is 7.49. The van der Waals surface area contributed by atoms with Crippen LogP contribution in [0.3, 0.4) is 0 Å². The number of nitrogens with zero attached hydrogens (tertiary/aromatic N) is 4. The number of ether oxygens (including phenoxy) is 2. The van der Waals surface area contributed by atoms with Gasteiger partial charge in [0.2, 0.25) is 0 Å². The van der Waals surface area contributed by atoms with E-state index in [0.29, 0.717) is 42.4 Å². The van der Waals surface area contributed by atoms with Crippen LogP contribution in [0, 0.1) is 0 Å². The van der Waals surface area contributed by atoms with E-state index in [0.717, 1.165) is 31.0 Å². The van der Waals surface area contributed by atoms with Crippen LogP contribution in [0.2, 0.25) is 25.7 Å². The first kappa shape index (κ1) is 27.1. The van der Waals surface area contributed by atoms with Gasteiger partial charge in [-0.1, -0.05) is 57.3 Å². The predicted octanol–water partition coefficient (Wildman–Crippen LogP) is 4.65. The summed E-state index contributed by atoms with van der Waals surface area (Å²) in [5.41, 5.74) is 10.2. The molecule has 0 saturated heterocycles. The number of rotatable bonds is 13. The topological polar surface area (TPSA) is 98.7 Å². The Morgan fingerprint density at radius 1 is 1.11 bits per heavy atom. The van der Waals surface area contributed by atoms with Crippen LogP contribution in [0.15, 0.2) is 30.5 Å². The number of unbranched alkanes of at least 4 members (excludes halogenated alkanes) is 1. The average molecular weight is 500 g/mol. The van der Waals surface area contributed by atoms with Crippen molar-refractivity contribution in [3.63, 3.8) is 0 Å². The summed E-state index contributed by atoms with van der Waals surface area (Å²) in [5.74, 6) is 0.315. The van der Waals surface area contributed by atoms with Crippen LogP contribution in [0.1, 0.15) is 42.6 Å². The SMILES string of the molecule is CCCCOc1nc(N)c2c(n1)c(C(O)c1ccc(CN(C)C)cc1)cn2COCC[Si](C)(C)C. The van der Waals surface area contributed by atoms with E-state index >= 15 is 0 Å². The van der Waals surface area contributed by atoms with Crippen LogP contribution < -0.4 is 10.5 Å². The summed E-state index contributed by atoms with van der Waals surface area (Å²) in [4.78, 5) is 11.1. The van der Waals surface area contributed by atoms with E-state index in [1.807, 2.05) is 49.1 Å². The molecule has 0 saturated carbocycles. The van der Waals surface area contributed by atoms with E-state index in [-0.39, 0.29) is 6.01 Å². The maximum absolute atomic E-state index is 11.3. The van der Waals surface area contributed by atoms with E-state index in [9.17, 15) is 5.11 Å². The molecule has 2 aromatic heterocycles. The summed E-state index contributed by atoms with van der Waals surface area (Å²) in [6.45, 7) is 11.4. The Labute approximate surface area is 210 Å². The minimum atomic E-state index is -1.20. The van der Waals surface area contributed by atoms with Crippen LogP contribution in [0.5, 0.6) is 6.01 Å². The van der Waals surface area contributed by atoms with Crippen molar-refractivity contribution in [1.82, 2.24) is 19.4 Å². The van der Waals surface area contributed by atoms with Gasteiger partial charge in [0.1, 0.15) is 23.9 Å². The molecule has 0 aliphatic rings. The minimum Gasteiger partial charge on any atom is -0.463 e. The summed E-state index contributed by atoms with van der Waals surface area (Å²) < 4.78 is 13.6. The van der Waals surface area contributed by atoms with E-state index < -0.39 is 14.2 Å². The van der Waals surface area contributed by atoms with Crippen molar-refractivity contribution in [2.75, 3.05) is 33.0 Å². The summed E-state index contributed by atoms with van der Waals surface area (Å²) in [5, 5.41) is 11.3. The molecule has 0 spiro atoms. The van der Waals surface area contributed by atoms with Crippen molar-refractivity contribution in [3.05, 3.63) is 47.2 Å². The summed E-state index contributed by atoms with van der Waals surface area (Å²) >= 11 is 0. The Morgan fingerprint density at radius 3 is 2.46 bits per heavy atom. The molecule has 1 unspecified atom stereocenters. The van der Waals surface area contributed by atoms with Gasteiger partial charge in [0, 0.05) is 33.0 Å². The van der Waals surface area contributed by atoms with Crippen molar-refractivity contribution in [1.29, 1.82) is 0 Å². The molecule has 8 nitrogen and oxygen atoms in total. The molecule has 0 aliphatic carbocycles. The van der Waals surface area contributed by atoms with Gasteiger partial charge in [-0.05, 0) is 37.7 Å². The molecular weight excluding hydrogens is 458 g/mol. The minimum absolute atomic E-state index is 0.232. The van der Waals surface area contributed by atoms with E-state index in [2.05, 4.69) is 41.4 Å². The largest absolute Gasteiger partial charge is 0.463 e. The molecule has 0 bridgehead atoms. The van der Waals surface area contributed by atoms with Gasteiger partial charge in [-0.3, -0.25) is 0 Å². The molecule has 3 N–H and O–H groups in total. The smallest absolute Gasteiger partial charge is 0.319 e. The molecule has 35 heavy (non-hydrogen) atoms. The molecule has 0 amide bonds. The molecule has 0 fully saturated rings. The second-order valence-electron chi connectivity index (χ2n) is 10.6. The highest BCUT2D eigenvalue weighted by molar-refractivity contribution is 6.76. The van der Waals surface area contributed by atoms with Gasteiger partial charge in [-0.15, -0.1) is 0 Å². The number of aliphatic hydroxyl groups excluding tert-OH is 1. The van der Waals surface area contributed by atoms with Gasteiger partial charge in [0.05, 0.1) is 6.61 Å². The van der Waals surface area contributed by atoms with Crippen molar-refractivity contribution in [2.24, 2.45) is 0 Å². The Kier molecular flexibility index (Phi) is 9.29. The lowest BCUT2D eigenvalue weighted by Gasteiger charge is -2.16. The van der Waals surface area contributed by atoms with Crippen molar-refractivity contribution >= 4 is 24.9 Å². The number of benzene rings is 1. The molecule has 1 aromatic carbocycles. The number of hydrogen-bond donors (Lipinski definition) is 2. The lowest BCUT2D eigenvalue weighted by molar-refractivity contribution is 0.0899. The zero-order valence-electron chi connectivity index (χ0n) is 22.0. The molecule has 9 heteroatoms. The van der Waals surface area contributed by atoms with Gasteiger partial charge >= 0.3 is 6.01 Å². The van der Waals surface area contributed by atoms with Gasteiger partial charge in [0.25, 0.3) is 0 Å². The fraction of sp³-hybridized carbons (Fsp3) is 0.538. The van der Waals surface area contributed by atoms with Gasteiger partial charge in [0.15, 0.2) is 5.82 Å². The Hall–Kier alpha value is -2.46. The first-order valence-electron chi connectivity index (χ1n) is 12.4. The Balaban J connectivity index is 1.94. The first-order chi connectivity index (χ1) is 16.6. The molecule has 192 valence electrons. The average Bonchev–Trinajstić information content (AvgIpc) is 3.15. The lowest BCUT2D eigenvalue weighted by atomic mass is 10.0. The normalized spacial score (nSPS) is 13.0. The third kappa shape index (κ3) is 7.51. The zero-order valence-corrected chi connectivity index (χ0v) is 23.0. The van der Waals surface area contributed by atoms with Crippen LogP contribution in [0.4, 0.5) is 5.82 Å². The van der Waals surface area contributed by atoms with Crippen LogP contribution in [0.25, 0.3) is 11.0 Å². The summed E-state index contributed by atoms with van der Waals surface area (Å²) in [6.07, 6.45) is 2.92. The highest BCUT2D eigenvalue weighted by atomic mass is 28.3. The monoisotopic (exact) mass is 499 g/mol. The molecular formula is C26H41N5O3Si. The van der Waals surface area contributed by atoms with E-state index in [1.54, 1.807) is 0 Å². The molecule has 0 aliphatic heterocycles. The van der Waals surface area contributed by atoms with Crippen molar-refractivity contribution in [2.45, 2.75) is 64.8 Å². The van der Waals surface area contributed by atoms with Gasteiger partial charge < -0.3 is 29.8 Å². The molecule has 0 radical (unpaired) electrons. The number of aliphatic hydroxyl groups is 1. The van der Waals surface area contributed by atoms with Crippen molar-refractivity contribution in [3.8, 4) is 6.01 Å². The summed E-state index contributed by atoms with van der Waals surface area (Å²) in [7, 11) is 2.87.